The zero-order valence-corrected chi connectivity index (χ0v) is 11.1. The fourth-order valence-corrected chi connectivity index (χ4v) is 2.21. The molecular formula is C13H19N3O2. The standard InChI is InChI=1S/C13H19N3O2/c1-8(2)12-14-6-10(11(15-12)13(17)18)16-5-4-9(3)7-16/h6,8-9H,4-5,7H2,1-3H3,(H,17,18). The molecule has 2 rings (SSSR count). The summed E-state index contributed by atoms with van der Waals surface area (Å²) in [6.45, 7) is 7.84. The number of nitrogens with zero attached hydrogens (tertiary/aromatic N) is 3. The van der Waals surface area contributed by atoms with Gasteiger partial charge in [0.25, 0.3) is 0 Å². The fraction of sp³-hybridized carbons (Fsp3) is 0.615. The van der Waals surface area contributed by atoms with Gasteiger partial charge in [0.2, 0.25) is 0 Å². The predicted molar refractivity (Wildman–Crippen MR) is 69.1 cm³/mol. The highest BCUT2D eigenvalue weighted by Crippen LogP contribution is 2.26. The monoisotopic (exact) mass is 249 g/mol. The second-order valence-electron chi connectivity index (χ2n) is 5.26. The number of carboxylic acids is 1. The Morgan fingerprint density at radius 2 is 2.28 bits per heavy atom. The molecule has 1 aliphatic heterocycles. The van der Waals surface area contributed by atoms with Gasteiger partial charge < -0.3 is 10.0 Å². The molecule has 0 amide bonds. The highest BCUT2D eigenvalue weighted by atomic mass is 16.4. The SMILES string of the molecule is CC1CCN(c2cnc(C(C)C)nc2C(=O)O)C1. The molecule has 1 aromatic rings. The summed E-state index contributed by atoms with van der Waals surface area (Å²) in [6.07, 6.45) is 2.74. The van der Waals surface area contributed by atoms with Crippen molar-refractivity contribution in [3.05, 3.63) is 17.7 Å². The Hall–Kier alpha value is -1.65. The maximum atomic E-state index is 11.3. The van der Waals surface area contributed by atoms with E-state index in [0.29, 0.717) is 17.4 Å². The van der Waals surface area contributed by atoms with E-state index in [1.807, 2.05) is 13.8 Å². The normalized spacial score (nSPS) is 19.6. The van der Waals surface area contributed by atoms with Crippen LogP contribution in [0.1, 0.15) is 49.4 Å². The summed E-state index contributed by atoms with van der Waals surface area (Å²) >= 11 is 0. The van der Waals surface area contributed by atoms with Gasteiger partial charge in [-0.3, -0.25) is 0 Å². The molecule has 0 aliphatic carbocycles. The lowest BCUT2D eigenvalue weighted by molar-refractivity contribution is 0.0690. The molecule has 1 atom stereocenters. The Balaban J connectivity index is 2.38. The number of carbonyl (C=O) groups is 1. The van der Waals surface area contributed by atoms with Crippen molar-refractivity contribution < 1.29 is 9.90 Å². The maximum Gasteiger partial charge on any atom is 0.356 e. The lowest BCUT2D eigenvalue weighted by atomic mass is 10.2. The molecule has 0 radical (unpaired) electrons. The molecule has 18 heavy (non-hydrogen) atoms. The van der Waals surface area contributed by atoms with Crippen molar-refractivity contribution in [3.63, 3.8) is 0 Å². The molecule has 0 saturated carbocycles. The third kappa shape index (κ3) is 2.44. The van der Waals surface area contributed by atoms with Crippen LogP contribution in [0.5, 0.6) is 0 Å². The van der Waals surface area contributed by atoms with Gasteiger partial charge in [-0.2, -0.15) is 0 Å². The van der Waals surface area contributed by atoms with E-state index in [9.17, 15) is 9.90 Å². The lowest BCUT2D eigenvalue weighted by Gasteiger charge is -2.20. The minimum absolute atomic E-state index is 0.128. The zero-order valence-electron chi connectivity index (χ0n) is 11.1. The van der Waals surface area contributed by atoms with Crippen molar-refractivity contribution in [2.75, 3.05) is 18.0 Å². The fourth-order valence-electron chi connectivity index (χ4n) is 2.21. The number of hydrogen-bond acceptors (Lipinski definition) is 4. The number of carboxylic acid groups (broad SMARTS) is 1. The minimum Gasteiger partial charge on any atom is -0.476 e. The number of aromatic carboxylic acids is 1. The van der Waals surface area contributed by atoms with Gasteiger partial charge in [0.05, 0.1) is 11.9 Å². The van der Waals surface area contributed by atoms with Crippen molar-refractivity contribution in [2.45, 2.75) is 33.1 Å². The van der Waals surface area contributed by atoms with E-state index in [-0.39, 0.29) is 11.6 Å². The van der Waals surface area contributed by atoms with E-state index in [0.717, 1.165) is 19.5 Å². The maximum absolute atomic E-state index is 11.3. The molecule has 5 nitrogen and oxygen atoms in total. The molecule has 2 heterocycles. The van der Waals surface area contributed by atoms with Crippen LogP contribution in [0.15, 0.2) is 6.20 Å². The first-order chi connectivity index (χ1) is 8.49. The van der Waals surface area contributed by atoms with Crippen molar-refractivity contribution >= 4 is 11.7 Å². The van der Waals surface area contributed by atoms with Gasteiger partial charge in [-0.1, -0.05) is 20.8 Å². The van der Waals surface area contributed by atoms with Gasteiger partial charge >= 0.3 is 5.97 Å². The predicted octanol–water partition coefficient (Wildman–Crippen LogP) is 2.14. The molecule has 1 fully saturated rings. The summed E-state index contributed by atoms with van der Waals surface area (Å²) in [7, 11) is 0. The number of aromatic nitrogens is 2. The van der Waals surface area contributed by atoms with Gasteiger partial charge in [0.15, 0.2) is 5.69 Å². The Morgan fingerprint density at radius 3 is 2.78 bits per heavy atom. The minimum atomic E-state index is -0.978. The lowest BCUT2D eigenvalue weighted by Crippen LogP contribution is -2.23. The largest absolute Gasteiger partial charge is 0.476 e. The summed E-state index contributed by atoms with van der Waals surface area (Å²) in [5.41, 5.74) is 0.777. The van der Waals surface area contributed by atoms with Crippen LogP contribution in [0.4, 0.5) is 5.69 Å². The highest BCUT2D eigenvalue weighted by Gasteiger charge is 2.25. The van der Waals surface area contributed by atoms with E-state index in [1.54, 1.807) is 6.20 Å². The summed E-state index contributed by atoms with van der Waals surface area (Å²) in [4.78, 5) is 21.8. The molecule has 98 valence electrons. The molecule has 1 saturated heterocycles. The van der Waals surface area contributed by atoms with Gasteiger partial charge in [0.1, 0.15) is 5.82 Å². The van der Waals surface area contributed by atoms with E-state index in [1.165, 1.54) is 0 Å². The van der Waals surface area contributed by atoms with Crippen molar-refractivity contribution in [1.82, 2.24) is 9.97 Å². The third-order valence-corrected chi connectivity index (χ3v) is 3.27. The van der Waals surface area contributed by atoms with E-state index in [4.69, 9.17) is 0 Å². The zero-order chi connectivity index (χ0) is 13.3. The van der Waals surface area contributed by atoms with Crippen LogP contribution < -0.4 is 4.90 Å². The van der Waals surface area contributed by atoms with E-state index in [2.05, 4.69) is 21.8 Å². The molecular weight excluding hydrogens is 230 g/mol. The highest BCUT2D eigenvalue weighted by molar-refractivity contribution is 5.92. The summed E-state index contributed by atoms with van der Waals surface area (Å²) in [5.74, 6) is 0.336. The van der Waals surface area contributed by atoms with Crippen LogP contribution in [0.3, 0.4) is 0 Å². The first-order valence-corrected chi connectivity index (χ1v) is 6.34. The average Bonchev–Trinajstić information content (AvgIpc) is 2.74. The number of anilines is 1. The molecule has 1 unspecified atom stereocenters. The molecule has 0 aromatic carbocycles. The summed E-state index contributed by atoms with van der Waals surface area (Å²) in [6, 6.07) is 0. The van der Waals surface area contributed by atoms with Gasteiger partial charge in [0, 0.05) is 19.0 Å². The van der Waals surface area contributed by atoms with Crippen LogP contribution in [-0.4, -0.2) is 34.1 Å². The summed E-state index contributed by atoms with van der Waals surface area (Å²) < 4.78 is 0. The smallest absolute Gasteiger partial charge is 0.356 e. The molecule has 5 heteroatoms. The molecule has 0 spiro atoms. The Morgan fingerprint density at radius 1 is 1.56 bits per heavy atom. The first-order valence-electron chi connectivity index (χ1n) is 6.34. The second kappa shape index (κ2) is 4.92. The molecule has 0 bridgehead atoms. The van der Waals surface area contributed by atoms with Gasteiger partial charge in [-0.25, -0.2) is 14.8 Å². The van der Waals surface area contributed by atoms with Crippen LogP contribution >= 0.6 is 0 Å². The summed E-state index contributed by atoms with van der Waals surface area (Å²) in [5, 5.41) is 9.28. The number of rotatable bonds is 3. The first kappa shape index (κ1) is 12.8. The number of hydrogen-bond donors (Lipinski definition) is 1. The van der Waals surface area contributed by atoms with Gasteiger partial charge in [-0.15, -0.1) is 0 Å². The Labute approximate surface area is 107 Å². The molecule has 1 N–H and O–H groups in total. The topological polar surface area (TPSA) is 66.3 Å². The van der Waals surface area contributed by atoms with Crippen LogP contribution in [0, 0.1) is 5.92 Å². The molecule has 1 aliphatic rings. The van der Waals surface area contributed by atoms with E-state index < -0.39 is 5.97 Å². The van der Waals surface area contributed by atoms with Crippen molar-refractivity contribution in [2.24, 2.45) is 5.92 Å². The van der Waals surface area contributed by atoms with Crippen LogP contribution in [0.2, 0.25) is 0 Å². The average molecular weight is 249 g/mol. The van der Waals surface area contributed by atoms with Gasteiger partial charge in [-0.05, 0) is 12.3 Å². The van der Waals surface area contributed by atoms with Crippen molar-refractivity contribution in [3.8, 4) is 0 Å². The Kier molecular flexibility index (Phi) is 3.50. The molecule has 1 aromatic heterocycles. The quantitative estimate of drug-likeness (QED) is 0.889. The second-order valence-corrected chi connectivity index (χ2v) is 5.26. The van der Waals surface area contributed by atoms with E-state index >= 15 is 0 Å². The Bertz CT molecular complexity index is 460. The third-order valence-electron chi connectivity index (χ3n) is 3.27. The van der Waals surface area contributed by atoms with Crippen LogP contribution in [-0.2, 0) is 0 Å². The van der Waals surface area contributed by atoms with Crippen LogP contribution in [0.25, 0.3) is 0 Å². The van der Waals surface area contributed by atoms with Crippen molar-refractivity contribution in [1.29, 1.82) is 0 Å².